The van der Waals surface area contributed by atoms with E-state index in [0.29, 0.717) is 11.5 Å². The number of aliphatic hydroxyl groups excluding tert-OH is 1. The van der Waals surface area contributed by atoms with Crippen LogP contribution in [0.3, 0.4) is 0 Å². The molecule has 1 aliphatic rings. The average Bonchev–Trinajstić information content (AvgIpc) is 2.96. The molecule has 1 saturated heterocycles. The molecule has 0 spiro atoms. The van der Waals surface area contributed by atoms with E-state index in [2.05, 4.69) is 4.98 Å². The van der Waals surface area contributed by atoms with E-state index in [9.17, 15) is 14.7 Å². The Bertz CT molecular complexity index is 693. The number of likely N-dealkylation sites (tertiary alicyclic amines) is 1. The van der Waals surface area contributed by atoms with Crippen molar-refractivity contribution in [2.45, 2.75) is 25.3 Å². The van der Waals surface area contributed by atoms with Gasteiger partial charge in [-0.25, -0.2) is 4.98 Å². The molecule has 1 atom stereocenters. The van der Waals surface area contributed by atoms with Crippen LogP contribution in [0.15, 0.2) is 22.6 Å². The number of hydrogen-bond acceptors (Lipinski definition) is 5. The Morgan fingerprint density at radius 1 is 1.50 bits per heavy atom. The van der Waals surface area contributed by atoms with Gasteiger partial charge in [-0.1, -0.05) is 0 Å². The average molecular weight is 293 g/mol. The highest BCUT2D eigenvalue weighted by molar-refractivity contribution is 7.15. The molecule has 3 heterocycles. The van der Waals surface area contributed by atoms with Crippen LogP contribution in [0.1, 0.15) is 29.6 Å². The van der Waals surface area contributed by atoms with Crippen molar-refractivity contribution in [3.05, 3.63) is 33.7 Å². The fourth-order valence-electron chi connectivity index (χ4n) is 2.58. The first-order chi connectivity index (χ1) is 9.72. The highest BCUT2D eigenvalue weighted by atomic mass is 32.1. The Kier molecular flexibility index (Phi) is 3.54. The second-order valence-corrected chi connectivity index (χ2v) is 5.74. The van der Waals surface area contributed by atoms with E-state index >= 15 is 0 Å². The first kappa shape index (κ1) is 13.3. The Hall–Kier alpha value is -1.73. The molecule has 2 aromatic heterocycles. The van der Waals surface area contributed by atoms with Gasteiger partial charge in [0.2, 0.25) is 0 Å². The van der Waals surface area contributed by atoms with Crippen LogP contribution in [0.4, 0.5) is 0 Å². The quantitative estimate of drug-likeness (QED) is 0.886. The highest BCUT2D eigenvalue weighted by Gasteiger charge is 2.28. The third-order valence-corrected chi connectivity index (χ3v) is 4.44. The number of rotatable bonds is 2. The third-order valence-electron chi connectivity index (χ3n) is 3.67. The van der Waals surface area contributed by atoms with E-state index < -0.39 is 0 Å². The molecule has 0 bridgehead atoms. The maximum Gasteiger partial charge on any atom is 0.271 e. The highest BCUT2D eigenvalue weighted by Crippen LogP contribution is 2.18. The Morgan fingerprint density at radius 3 is 3.15 bits per heavy atom. The predicted molar refractivity (Wildman–Crippen MR) is 75.1 cm³/mol. The molecule has 20 heavy (non-hydrogen) atoms. The Morgan fingerprint density at radius 2 is 2.35 bits per heavy atom. The van der Waals surface area contributed by atoms with Gasteiger partial charge >= 0.3 is 0 Å². The summed E-state index contributed by atoms with van der Waals surface area (Å²) in [6, 6.07) is -0.196. The molecule has 0 aliphatic carbocycles. The van der Waals surface area contributed by atoms with E-state index in [1.165, 1.54) is 21.9 Å². The zero-order valence-electron chi connectivity index (χ0n) is 10.9. The van der Waals surface area contributed by atoms with Crippen LogP contribution in [0.25, 0.3) is 4.96 Å². The summed E-state index contributed by atoms with van der Waals surface area (Å²) in [7, 11) is 0. The molecule has 1 N–H and O–H groups in total. The number of carbonyl (C=O) groups is 1. The van der Waals surface area contributed by atoms with Gasteiger partial charge in [0.1, 0.15) is 5.56 Å². The molecular formula is C13H15N3O3S. The summed E-state index contributed by atoms with van der Waals surface area (Å²) in [6.07, 6.45) is 5.64. The summed E-state index contributed by atoms with van der Waals surface area (Å²) in [5.41, 5.74) is -0.273. The summed E-state index contributed by atoms with van der Waals surface area (Å²) in [5.74, 6) is -0.332. The summed E-state index contributed by atoms with van der Waals surface area (Å²) >= 11 is 1.35. The summed E-state index contributed by atoms with van der Waals surface area (Å²) < 4.78 is 1.38. The van der Waals surface area contributed by atoms with Gasteiger partial charge in [-0.2, -0.15) is 0 Å². The second-order valence-electron chi connectivity index (χ2n) is 4.86. The van der Waals surface area contributed by atoms with Crippen molar-refractivity contribution < 1.29 is 9.90 Å². The normalized spacial score (nSPS) is 19.4. The lowest BCUT2D eigenvalue weighted by Crippen LogP contribution is -2.47. The van der Waals surface area contributed by atoms with Gasteiger partial charge in [0.25, 0.3) is 11.5 Å². The van der Waals surface area contributed by atoms with Crippen molar-refractivity contribution in [1.82, 2.24) is 14.3 Å². The number of aromatic nitrogens is 2. The van der Waals surface area contributed by atoms with Gasteiger partial charge in [0, 0.05) is 24.3 Å². The number of aliphatic hydroxyl groups is 1. The van der Waals surface area contributed by atoms with Crippen LogP contribution < -0.4 is 5.56 Å². The third kappa shape index (κ3) is 2.12. The summed E-state index contributed by atoms with van der Waals surface area (Å²) in [4.78, 5) is 31.1. The van der Waals surface area contributed by atoms with Gasteiger partial charge in [0.05, 0.1) is 12.6 Å². The van der Waals surface area contributed by atoms with Crippen LogP contribution >= 0.6 is 11.3 Å². The van der Waals surface area contributed by atoms with Crippen LogP contribution in [0.5, 0.6) is 0 Å². The van der Waals surface area contributed by atoms with Crippen molar-refractivity contribution in [2.75, 3.05) is 13.2 Å². The maximum absolute atomic E-state index is 12.5. The monoisotopic (exact) mass is 293 g/mol. The summed E-state index contributed by atoms with van der Waals surface area (Å²) in [5, 5.41) is 11.1. The van der Waals surface area contributed by atoms with Gasteiger partial charge < -0.3 is 10.0 Å². The topological polar surface area (TPSA) is 74.9 Å². The van der Waals surface area contributed by atoms with Gasteiger partial charge in [0.15, 0.2) is 4.96 Å². The number of fused-ring (bicyclic) bond motifs is 1. The van der Waals surface area contributed by atoms with Crippen molar-refractivity contribution in [3.8, 4) is 0 Å². The Balaban J connectivity index is 1.99. The lowest BCUT2D eigenvalue weighted by Gasteiger charge is -2.34. The molecule has 0 aromatic carbocycles. The van der Waals surface area contributed by atoms with Crippen LogP contribution in [-0.2, 0) is 0 Å². The minimum absolute atomic E-state index is 0.0683. The number of nitrogens with zero attached hydrogens (tertiary/aromatic N) is 3. The van der Waals surface area contributed by atoms with Crippen molar-refractivity contribution in [3.63, 3.8) is 0 Å². The zero-order valence-corrected chi connectivity index (χ0v) is 11.7. The molecule has 1 fully saturated rings. The maximum atomic E-state index is 12.5. The predicted octanol–water partition coefficient (Wildman–Crippen LogP) is 0.743. The standard InChI is InChI=1S/C13H15N3O3S/c17-8-9-3-1-2-4-15(9)11(18)10-7-14-13-16(12(10)19)5-6-20-13/h5-7,9,17H,1-4,8H2. The van der Waals surface area contributed by atoms with E-state index in [4.69, 9.17) is 0 Å². The molecule has 2 aromatic rings. The van der Waals surface area contributed by atoms with Gasteiger partial charge in [-0.15, -0.1) is 11.3 Å². The van der Waals surface area contributed by atoms with E-state index in [-0.39, 0.29) is 29.7 Å². The van der Waals surface area contributed by atoms with Crippen molar-refractivity contribution in [2.24, 2.45) is 0 Å². The minimum Gasteiger partial charge on any atom is -0.394 e. The molecule has 6 nitrogen and oxygen atoms in total. The first-order valence-corrected chi connectivity index (χ1v) is 7.47. The van der Waals surface area contributed by atoms with Gasteiger partial charge in [-0.05, 0) is 19.3 Å². The largest absolute Gasteiger partial charge is 0.394 e. The molecule has 1 amide bonds. The second kappa shape index (κ2) is 5.34. The molecule has 7 heteroatoms. The fourth-order valence-corrected chi connectivity index (χ4v) is 3.26. The lowest BCUT2D eigenvalue weighted by atomic mass is 10.0. The molecule has 106 valence electrons. The molecule has 3 rings (SSSR count). The van der Waals surface area contributed by atoms with E-state index in [1.807, 2.05) is 0 Å². The minimum atomic E-state index is -0.344. The van der Waals surface area contributed by atoms with Crippen LogP contribution in [0, 0.1) is 0 Å². The summed E-state index contributed by atoms with van der Waals surface area (Å²) in [6.45, 7) is 0.511. The van der Waals surface area contributed by atoms with Gasteiger partial charge in [-0.3, -0.25) is 14.0 Å². The molecule has 1 unspecified atom stereocenters. The SMILES string of the molecule is O=C(c1cnc2sccn2c1=O)N1CCCCC1CO. The lowest BCUT2D eigenvalue weighted by molar-refractivity contribution is 0.0500. The zero-order chi connectivity index (χ0) is 14.1. The number of amides is 1. The number of hydrogen-bond donors (Lipinski definition) is 1. The van der Waals surface area contributed by atoms with Crippen LogP contribution in [-0.4, -0.2) is 44.5 Å². The Labute approximate surface area is 119 Å². The van der Waals surface area contributed by atoms with Crippen molar-refractivity contribution in [1.29, 1.82) is 0 Å². The molecule has 1 aliphatic heterocycles. The molecule has 0 saturated carbocycles. The number of carbonyl (C=O) groups excluding carboxylic acids is 1. The first-order valence-electron chi connectivity index (χ1n) is 6.59. The molecule has 0 radical (unpaired) electrons. The number of thiazole rings is 1. The smallest absolute Gasteiger partial charge is 0.271 e. The molecular weight excluding hydrogens is 278 g/mol. The van der Waals surface area contributed by atoms with Crippen LogP contribution in [0.2, 0.25) is 0 Å². The number of piperidine rings is 1. The van der Waals surface area contributed by atoms with E-state index in [1.54, 1.807) is 16.5 Å². The fraction of sp³-hybridized carbons (Fsp3) is 0.462. The van der Waals surface area contributed by atoms with E-state index in [0.717, 1.165) is 19.3 Å². The van der Waals surface area contributed by atoms with Crippen molar-refractivity contribution >= 4 is 22.2 Å².